The number of guanidine groups is 1. The molecular weight excluding hydrogens is 170 g/mol. The summed E-state index contributed by atoms with van der Waals surface area (Å²) in [6, 6.07) is 2.10. The zero-order valence-corrected chi connectivity index (χ0v) is 8.11. The van der Waals surface area contributed by atoms with E-state index in [9.17, 15) is 0 Å². The molecule has 0 fully saturated rings. The van der Waals surface area contributed by atoms with E-state index in [1.807, 2.05) is 7.05 Å². The SMILES string of the molecule is CN=C(NC)NCc1ccsc1. The maximum Gasteiger partial charge on any atom is 0.190 e. The first kappa shape index (κ1) is 9.06. The Morgan fingerprint density at radius 2 is 2.50 bits per heavy atom. The van der Waals surface area contributed by atoms with Crippen LogP contribution in [0.15, 0.2) is 21.8 Å². The maximum atomic E-state index is 4.00. The lowest BCUT2D eigenvalue weighted by atomic mass is 10.3. The average molecular weight is 183 g/mol. The Hall–Kier alpha value is -1.03. The summed E-state index contributed by atoms with van der Waals surface area (Å²) < 4.78 is 0. The van der Waals surface area contributed by atoms with Crippen LogP contribution >= 0.6 is 11.3 Å². The molecule has 4 heteroatoms. The van der Waals surface area contributed by atoms with Crippen molar-refractivity contribution in [3.05, 3.63) is 22.4 Å². The Kier molecular flexibility index (Phi) is 3.60. The predicted octanol–water partition coefficient (Wildman–Crippen LogP) is 1.04. The van der Waals surface area contributed by atoms with Crippen LogP contribution in [0, 0.1) is 0 Å². The number of nitrogens with one attached hydrogen (secondary N) is 2. The van der Waals surface area contributed by atoms with Crippen molar-refractivity contribution in [2.45, 2.75) is 6.54 Å². The highest BCUT2D eigenvalue weighted by Gasteiger charge is 1.94. The van der Waals surface area contributed by atoms with Gasteiger partial charge < -0.3 is 10.6 Å². The van der Waals surface area contributed by atoms with Gasteiger partial charge in [0.1, 0.15) is 0 Å². The van der Waals surface area contributed by atoms with E-state index in [2.05, 4.69) is 32.5 Å². The van der Waals surface area contributed by atoms with Crippen LogP contribution in [-0.4, -0.2) is 20.1 Å². The first-order chi connectivity index (χ1) is 5.86. The van der Waals surface area contributed by atoms with Gasteiger partial charge in [0.25, 0.3) is 0 Å². The lowest BCUT2D eigenvalue weighted by Gasteiger charge is -2.06. The number of thiophene rings is 1. The predicted molar refractivity (Wildman–Crippen MR) is 53.6 cm³/mol. The summed E-state index contributed by atoms with van der Waals surface area (Å²) in [6.07, 6.45) is 0. The minimum Gasteiger partial charge on any atom is -0.359 e. The van der Waals surface area contributed by atoms with Gasteiger partial charge in [0, 0.05) is 20.6 Å². The highest BCUT2D eigenvalue weighted by atomic mass is 32.1. The van der Waals surface area contributed by atoms with Crippen molar-refractivity contribution >= 4 is 17.3 Å². The van der Waals surface area contributed by atoms with Gasteiger partial charge in [-0.1, -0.05) is 0 Å². The van der Waals surface area contributed by atoms with Crippen molar-refractivity contribution < 1.29 is 0 Å². The van der Waals surface area contributed by atoms with E-state index in [0.717, 1.165) is 12.5 Å². The Bertz CT molecular complexity index is 241. The highest BCUT2D eigenvalue weighted by Crippen LogP contribution is 2.04. The van der Waals surface area contributed by atoms with Crippen LogP contribution in [0.2, 0.25) is 0 Å². The lowest BCUT2D eigenvalue weighted by Crippen LogP contribution is -2.33. The van der Waals surface area contributed by atoms with Gasteiger partial charge in [-0.15, -0.1) is 0 Å². The molecule has 0 saturated heterocycles. The van der Waals surface area contributed by atoms with Crippen molar-refractivity contribution in [2.75, 3.05) is 14.1 Å². The molecule has 0 aliphatic carbocycles. The van der Waals surface area contributed by atoms with Gasteiger partial charge in [-0.3, -0.25) is 4.99 Å². The number of rotatable bonds is 2. The second-order valence-corrected chi connectivity index (χ2v) is 3.09. The fourth-order valence-corrected chi connectivity index (χ4v) is 1.53. The molecule has 66 valence electrons. The molecule has 0 aromatic carbocycles. The quantitative estimate of drug-likeness (QED) is 0.531. The minimum atomic E-state index is 0.821. The first-order valence-electron chi connectivity index (χ1n) is 3.76. The van der Waals surface area contributed by atoms with E-state index in [1.54, 1.807) is 18.4 Å². The van der Waals surface area contributed by atoms with Gasteiger partial charge in [0.2, 0.25) is 0 Å². The van der Waals surface area contributed by atoms with Crippen molar-refractivity contribution in [1.29, 1.82) is 0 Å². The lowest BCUT2D eigenvalue weighted by molar-refractivity contribution is 0.869. The zero-order valence-electron chi connectivity index (χ0n) is 7.29. The molecule has 0 radical (unpaired) electrons. The molecule has 12 heavy (non-hydrogen) atoms. The Morgan fingerprint density at radius 1 is 1.67 bits per heavy atom. The van der Waals surface area contributed by atoms with Crippen molar-refractivity contribution in [3.8, 4) is 0 Å². The summed E-state index contributed by atoms with van der Waals surface area (Å²) in [5, 5.41) is 10.3. The minimum absolute atomic E-state index is 0.821. The monoisotopic (exact) mass is 183 g/mol. The summed E-state index contributed by atoms with van der Waals surface area (Å²) >= 11 is 1.71. The number of aliphatic imine (C=N–C) groups is 1. The fraction of sp³-hybridized carbons (Fsp3) is 0.375. The smallest absolute Gasteiger partial charge is 0.190 e. The molecule has 1 rings (SSSR count). The standard InChI is InChI=1S/C8H13N3S/c1-9-8(10-2)11-5-7-3-4-12-6-7/h3-4,6H,5H2,1-2H3,(H2,9,10,11). The van der Waals surface area contributed by atoms with Crippen LogP contribution in [0.4, 0.5) is 0 Å². The van der Waals surface area contributed by atoms with E-state index in [1.165, 1.54) is 5.56 Å². The second kappa shape index (κ2) is 4.77. The maximum absolute atomic E-state index is 4.00. The molecule has 1 aromatic rings. The molecule has 0 atom stereocenters. The molecule has 1 aromatic heterocycles. The second-order valence-electron chi connectivity index (χ2n) is 2.31. The molecule has 1 heterocycles. The van der Waals surface area contributed by atoms with E-state index >= 15 is 0 Å². The third-order valence-electron chi connectivity index (χ3n) is 1.50. The number of nitrogens with zero attached hydrogens (tertiary/aromatic N) is 1. The van der Waals surface area contributed by atoms with Crippen molar-refractivity contribution in [2.24, 2.45) is 4.99 Å². The largest absolute Gasteiger partial charge is 0.359 e. The Balaban J connectivity index is 2.35. The van der Waals surface area contributed by atoms with E-state index in [0.29, 0.717) is 0 Å². The molecule has 0 spiro atoms. The third-order valence-corrected chi connectivity index (χ3v) is 2.23. The van der Waals surface area contributed by atoms with E-state index in [4.69, 9.17) is 0 Å². The summed E-state index contributed by atoms with van der Waals surface area (Å²) in [7, 11) is 3.61. The van der Waals surface area contributed by atoms with Gasteiger partial charge >= 0.3 is 0 Å². The summed E-state index contributed by atoms with van der Waals surface area (Å²) in [5.41, 5.74) is 1.29. The van der Waals surface area contributed by atoms with E-state index < -0.39 is 0 Å². The molecule has 0 aliphatic rings. The van der Waals surface area contributed by atoms with Crippen LogP contribution in [0.5, 0.6) is 0 Å². The zero-order chi connectivity index (χ0) is 8.81. The normalized spacial score (nSPS) is 11.3. The van der Waals surface area contributed by atoms with Gasteiger partial charge in [-0.05, 0) is 22.4 Å². The Labute approximate surface area is 76.5 Å². The third kappa shape index (κ3) is 2.54. The van der Waals surface area contributed by atoms with Gasteiger partial charge in [0.15, 0.2) is 5.96 Å². The average Bonchev–Trinajstić information content (AvgIpc) is 2.59. The number of hydrogen-bond donors (Lipinski definition) is 2. The molecular formula is C8H13N3S. The fourth-order valence-electron chi connectivity index (χ4n) is 0.858. The van der Waals surface area contributed by atoms with Crippen LogP contribution < -0.4 is 10.6 Å². The van der Waals surface area contributed by atoms with Gasteiger partial charge in [-0.2, -0.15) is 11.3 Å². The molecule has 0 amide bonds. The van der Waals surface area contributed by atoms with Crippen LogP contribution in [0.25, 0.3) is 0 Å². The molecule has 0 aliphatic heterocycles. The van der Waals surface area contributed by atoms with Crippen LogP contribution in [0.1, 0.15) is 5.56 Å². The summed E-state index contributed by atoms with van der Waals surface area (Å²) in [5.74, 6) is 0.821. The summed E-state index contributed by atoms with van der Waals surface area (Å²) in [6.45, 7) is 0.830. The molecule has 0 saturated carbocycles. The van der Waals surface area contributed by atoms with Crippen LogP contribution in [-0.2, 0) is 6.54 Å². The summed E-state index contributed by atoms with van der Waals surface area (Å²) in [4.78, 5) is 4.00. The molecule has 3 nitrogen and oxygen atoms in total. The highest BCUT2D eigenvalue weighted by molar-refractivity contribution is 7.07. The van der Waals surface area contributed by atoms with Crippen molar-refractivity contribution in [1.82, 2.24) is 10.6 Å². The molecule has 0 unspecified atom stereocenters. The van der Waals surface area contributed by atoms with E-state index in [-0.39, 0.29) is 0 Å². The molecule has 0 bridgehead atoms. The number of hydrogen-bond acceptors (Lipinski definition) is 2. The topological polar surface area (TPSA) is 36.4 Å². The molecule has 2 N–H and O–H groups in total. The first-order valence-corrected chi connectivity index (χ1v) is 4.70. The Morgan fingerprint density at radius 3 is 3.00 bits per heavy atom. The van der Waals surface area contributed by atoms with Gasteiger partial charge in [-0.25, -0.2) is 0 Å². The van der Waals surface area contributed by atoms with Gasteiger partial charge in [0.05, 0.1) is 0 Å². The van der Waals surface area contributed by atoms with Crippen LogP contribution in [0.3, 0.4) is 0 Å². The van der Waals surface area contributed by atoms with Crippen molar-refractivity contribution in [3.63, 3.8) is 0 Å².